The maximum absolute atomic E-state index is 5.95. The van der Waals surface area contributed by atoms with E-state index < -0.39 is 0 Å². The number of fused-ring (bicyclic) bond motifs is 1. The van der Waals surface area contributed by atoms with E-state index in [1.54, 1.807) is 0 Å². The molecule has 2 heteroatoms. The number of halogens is 1. The number of hydrogen-bond donors (Lipinski definition) is 1. The van der Waals surface area contributed by atoms with Crippen LogP contribution in [0.5, 0.6) is 0 Å². The molecule has 0 aromatic heterocycles. The van der Waals surface area contributed by atoms with E-state index in [1.165, 1.54) is 48.1 Å². The van der Waals surface area contributed by atoms with Crippen LogP contribution in [0.1, 0.15) is 42.5 Å². The van der Waals surface area contributed by atoms with Crippen LogP contribution in [0.15, 0.2) is 42.5 Å². The maximum Gasteiger partial charge on any atom is 0.0485 e. The average Bonchev–Trinajstić information content (AvgIpc) is 2.48. The standard InChI is InChI=1S/C18H20ClN/c1-13(14-9-11-16(19)12-10-14)20-18-8-4-6-15-5-2-3-7-17(15)18/h4,6,8-13,20H,2-3,5,7H2,1H3. The molecule has 1 aliphatic carbocycles. The zero-order valence-corrected chi connectivity index (χ0v) is 12.6. The Morgan fingerprint density at radius 2 is 1.75 bits per heavy atom. The summed E-state index contributed by atoms with van der Waals surface area (Å²) in [6, 6.07) is 15.0. The summed E-state index contributed by atoms with van der Waals surface area (Å²) in [5, 5.41) is 4.45. The van der Waals surface area contributed by atoms with Gasteiger partial charge in [0, 0.05) is 16.8 Å². The Hall–Kier alpha value is -1.47. The second-order valence-electron chi connectivity index (χ2n) is 5.57. The summed E-state index contributed by atoms with van der Waals surface area (Å²) in [7, 11) is 0. The van der Waals surface area contributed by atoms with Crippen molar-refractivity contribution in [2.45, 2.75) is 38.6 Å². The molecule has 20 heavy (non-hydrogen) atoms. The van der Waals surface area contributed by atoms with Gasteiger partial charge in [0.25, 0.3) is 0 Å². The summed E-state index contributed by atoms with van der Waals surface area (Å²) >= 11 is 5.95. The molecule has 0 radical (unpaired) electrons. The van der Waals surface area contributed by atoms with Crippen LogP contribution in [0.4, 0.5) is 5.69 Å². The first-order valence-electron chi connectivity index (χ1n) is 7.37. The molecule has 1 N–H and O–H groups in total. The van der Waals surface area contributed by atoms with Gasteiger partial charge in [-0.25, -0.2) is 0 Å². The third-order valence-corrected chi connectivity index (χ3v) is 4.39. The van der Waals surface area contributed by atoms with E-state index in [1.807, 2.05) is 12.1 Å². The second kappa shape index (κ2) is 5.88. The number of aryl methyl sites for hydroxylation is 1. The van der Waals surface area contributed by atoms with Gasteiger partial charge in [-0.2, -0.15) is 0 Å². The second-order valence-corrected chi connectivity index (χ2v) is 6.00. The molecule has 3 rings (SSSR count). The molecular formula is C18H20ClN. The van der Waals surface area contributed by atoms with Gasteiger partial charge >= 0.3 is 0 Å². The molecule has 1 aliphatic rings. The molecule has 0 saturated heterocycles. The van der Waals surface area contributed by atoms with Gasteiger partial charge in [-0.15, -0.1) is 0 Å². The molecule has 1 unspecified atom stereocenters. The van der Waals surface area contributed by atoms with Gasteiger partial charge in [0.05, 0.1) is 0 Å². The fraction of sp³-hybridized carbons (Fsp3) is 0.333. The predicted octanol–water partition coefficient (Wildman–Crippen LogP) is 5.39. The Balaban J connectivity index is 1.82. The highest BCUT2D eigenvalue weighted by Crippen LogP contribution is 2.30. The van der Waals surface area contributed by atoms with Crippen molar-refractivity contribution >= 4 is 17.3 Å². The van der Waals surface area contributed by atoms with Crippen LogP contribution in [-0.2, 0) is 12.8 Å². The molecule has 0 spiro atoms. The minimum atomic E-state index is 0.292. The summed E-state index contributed by atoms with van der Waals surface area (Å²) in [4.78, 5) is 0. The van der Waals surface area contributed by atoms with Crippen LogP contribution in [0.25, 0.3) is 0 Å². The van der Waals surface area contributed by atoms with Gasteiger partial charge in [0.2, 0.25) is 0 Å². The van der Waals surface area contributed by atoms with Gasteiger partial charge in [-0.3, -0.25) is 0 Å². The molecule has 0 amide bonds. The molecule has 0 aliphatic heterocycles. The number of benzene rings is 2. The fourth-order valence-corrected chi connectivity index (χ4v) is 3.11. The van der Waals surface area contributed by atoms with E-state index in [2.05, 4.69) is 42.6 Å². The minimum absolute atomic E-state index is 0.292. The van der Waals surface area contributed by atoms with E-state index in [4.69, 9.17) is 11.6 Å². The van der Waals surface area contributed by atoms with Crippen molar-refractivity contribution in [1.29, 1.82) is 0 Å². The summed E-state index contributed by atoms with van der Waals surface area (Å²) in [6.45, 7) is 2.20. The molecule has 1 atom stereocenters. The SMILES string of the molecule is CC(Nc1cccc2c1CCCC2)c1ccc(Cl)cc1. The molecule has 1 nitrogen and oxygen atoms in total. The van der Waals surface area contributed by atoms with Gasteiger partial charge < -0.3 is 5.32 Å². The lowest BCUT2D eigenvalue weighted by atomic mass is 9.90. The van der Waals surface area contributed by atoms with Crippen LogP contribution >= 0.6 is 11.6 Å². The lowest BCUT2D eigenvalue weighted by Crippen LogP contribution is -2.11. The van der Waals surface area contributed by atoms with Gasteiger partial charge in [-0.1, -0.05) is 35.9 Å². The van der Waals surface area contributed by atoms with Crippen molar-refractivity contribution in [3.63, 3.8) is 0 Å². The fourth-order valence-electron chi connectivity index (χ4n) is 2.98. The largest absolute Gasteiger partial charge is 0.378 e. The van der Waals surface area contributed by atoms with Crippen molar-refractivity contribution in [3.8, 4) is 0 Å². The van der Waals surface area contributed by atoms with Crippen molar-refractivity contribution in [3.05, 3.63) is 64.2 Å². The lowest BCUT2D eigenvalue weighted by Gasteiger charge is -2.23. The number of anilines is 1. The maximum atomic E-state index is 5.95. The Morgan fingerprint density at radius 3 is 2.55 bits per heavy atom. The van der Waals surface area contributed by atoms with Crippen molar-refractivity contribution in [2.24, 2.45) is 0 Å². The van der Waals surface area contributed by atoms with Crippen molar-refractivity contribution in [2.75, 3.05) is 5.32 Å². The van der Waals surface area contributed by atoms with E-state index in [0.717, 1.165) is 5.02 Å². The molecule has 2 aromatic rings. The Morgan fingerprint density at radius 1 is 1.00 bits per heavy atom. The highest BCUT2D eigenvalue weighted by Gasteiger charge is 2.14. The summed E-state index contributed by atoms with van der Waals surface area (Å²) < 4.78 is 0. The Labute approximate surface area is 126 Å². The Kier molecular flexibility index (Phi) is 3.98. The predicted molar refractivity (Wildman–Crippen MR) is 86.6 cm³/mol. The average molecular weight is 286 g/mol. The van der Waals surface area contributed by atoms with Gasteiger partial charge in [0.1, 0.15) is 0 Å². The zero-order chi connectivity index (χ0) is 13.9. The topological polar surface area (TPSA) is 12.0 Å². The van der Waals surface area contributed by atoms with Crippen LogP contribution in [-0.4, -0.2) is 0 Å². The highest BCUT2D eigenvalue weighted by molar-refractivity contribution is 6.30. The van der Waals surface area contributed by atoms with Crippen LogP contribution < -0.4 is 5.32 Å². The van der Waals surface area contributed by atoms with Crippen LogP contribution in [0, 0.1) is 0 Å². The first-order chi connectivity index (χ1) is 9.74. The first-order valence-corrected chi connectivity index (χ1v) is 7.74. The zero-order valence-electron chi connectivity index (χ0n) is 11.8. The molecular weight excluding hydrogens is 266 g/mol. The van der Waals surface area contributed by atoms with Crippen LogP contribution in [0.3, 0.4) is 0 Å². The minimum Gasteiger partial charge on any atom is -0.378 e. The molecule has 0 fully saturated rings. The van der Waals surface area contributed by atoms with E-state index in [9.17, 15) is 0 Å². The van der Waals surface area contributed by atoms with Crippen molar-refractivity contribution in [1.82, 2.24) is 0 Å². The Bertz CT molecular complexity index is 589. The molecule has 2 aromatic carbocycles. The molecule has 0 heterocycles. The monoisotopic (exact) mass is 285 g/mol. The number of hydrogen-bond acceptors (Lipinski definition) is 1. The highest BCUT2D eigenvalue weighted by atomic mass is 35.5. The van der Waals surface area contributed by atoms with E-state index in [-0.39, 0.29) is 0 Å². The quantitative estimate of drug-likeness (QED) is 0.797. The number of rotatable bonds is 3. The lowest BCUT2D eigenvalue weighted by molar-refractivity contribution is 0.685. The number of nitrogens with one attached hydrogen (secondary N) is 1. The normalized spacial score (nSPS) is 15.5. The summed E-state index contributed by atoms with van der Waals surface area (Å²) in [6.07, 6.45) is 5.05. The van der Waals surface area contributed by atoms with Gasteiger partial charge in [-0.05, 0) is 67.5 Å². The van der Waals surface area contributed by atoms with E-state index in [0.29, 0.717) is 6.04 Å². The van der Waals surface area contributed by atoms with E-state index >= 15 is 0 Å². The van der Waals surface area contributed by atoms with Gasteiger partial charge in [0.15, 0.2) is 0 Å². The summed E-state index contributed by atoms with van der Waals surface area (Å²) in [5.41, 5.74) is 5.59. The molecule has 0 saturated carbocycles. The van der Waals surface area contributed by atoms with Crippen molar-refractivity contribution < 1.29 is 0 Å². The smallest absolute Gasteiger partial charge is 0.0485 e. The van der Waals surface area contributed by atoms with Crippen LogP contribution in [0.2, 0.25) is 5.02 Å². The summed E-state index contributed by atoms with van der Waals surface area (Å²) in [5.74, 6) is 0. The third-order valence-electron chi connectivity index (χ3n) is 4.14. The molecule has 104 valence electrons. The third kappa shape index (κ3) is 2.83. The first kappa shape index (κ1) is 13.5. The molecule has 0 bridgehead atoms.